The van der Waals surface area contributed by atoms with Crippen LogP contribution in [-0.2, 0) is 0 Å². The summed E-state index contributed by atoms with van der Waals surface area (Å²) < 4.78 is 0. The molecule has 0 spiro atoms. The molecule has 1 unspecified atom stereocenters. The Hall–Kier alpha value is -1.15. The zero-order chi connectivity index (χ0) is 11.0. The summed E-state index contributed by atoms with van der Waals surface area (Å²) in [5.41, 5.74) is 3.46. The van der Waals surface area contributed by atoms with Crippen molar-refractivity contribution in [3.63, 3.8) is 0 Å². The van der Waals surface area contributed by atoms with Gasteiger partial charge in [0.2, 0.25) is 0 Å². The average Bonchev–Trinajstić information content (AvgIpc) is 3.10. The van der Waals surface area contributed by atoms with Crippen LogP contribution in [0.1, 0.15) is 29.5 Å². The van der Waals surface area contributed by atoms with Gasteiger partial charge in [0.15, 0.2) is 0 Å². The summed E-state index contributed by atoms with van der Waals surface area (Å²) in [4.78, 5) is 0. The van der Waals surface area contributed by atoms with Crippen molar-refractivity contribution in [2.45, 2.75) is 18.3 Å². The quantitative estimate of drug-likeness (QED) is 0.619. The molecular weight excluding hydrogens is 220 g/mol. The predicted octanol–water partition coefficient (Wildman–Crippen LogP) is 3.32. The van der Waals surface area contributed by atoms with Crippen molar-refractivity contribution < 1.29 is 0 Å². The maximum absolute atomic E-state index is 6.15. The fourth-order valence-corrected chi connectivity index (χ4v) is 2.23. The Bertz CT molecular complexity index is 424. The first-order valence-electron chi connectivity index (χ1n) is 5.77. The first kappa shape index (κ1) is 10.0. The molecule has 1 fully saturated rings. The van der Waals surface area contributed by atoms with Gasteiger partial charge in [0.1, 0.15) is 5.50 Å². The molecule has 2 nitrogen and oxygen atoms in total. The molecule has 84 valence electrons. The normalized spacial score (nSPS) is 22.4. The van der Waals surface area contributed by atoms with Crippen LogP contribution in [0.4, 0.5) is 5.69 Å². The van der Waals surface area contributed by atoms with Crippen LogP contribution in [0, 0.1) is 5.92 Å². The van der Waals surface area contributed by atoms with Crippen molar-refractivity contribution in [1.82, 2.24) is 5.32 Å². The van der Waals surface area contributed by atoms with E-state index in [1.54, 1.807) is 0 Å². The highest BCUT2D eigenvalue weighted by molar-refractivity contribution is 6.21. The zero-order valence-corrected chi connectivity index (χ0v) is 9.80. The first-order valence-corrected chi connectivity index (χ1v) is 6.21. The Morgan fingerprint density at radius 2 is 2.25 bits per heavy atom. The molecule has 2 N–H and O–H groups in total. The van der Waals surface area contributed by atoms with Crippen molar-refractivity contribution in [3.8, 4) is 0 Å². The molecule has 1 aromatic carbocycles. The molecule has 1 aliphatic heterocycles. The van der Waals surface area contributed by atoms with Crippen molar-refractivity contribution in [2.75, 3.05) is 11.9 Å². The van der Waals surface area contributed by atoms with Crippen molar-refractivity contribution >= 4 is 23.4 Å². The van der Waals surface area contributed by atoms with E-state index in [0.29, 0.717) is 0 Å². The highest BCUT2D eigenvalue weighted by atomic mass is 35.5. The summed E-state index contributed by atoms with van der Waals surface area (Å²) in [6.07, 6.45) is 6.73. The molecule has 0 amide bonds. The Kier molecular flexibility index (Phi) is 2.52. The van der Waals surface area contributed by atoms with E-state index in [4.69, 9.17) is 11.6 Å². The Labute approximate surface area is 101 Å². The van der Waals surface area contributed by atoms with Gasteiger partial charge in [-0.2, -0.15) is 0 Å². The predicted molar refractivity (Wildman–Crippen MR) is 68.4 cm³/mol. The molecule has 0 radical (unpaired) electrons. The third-order valence-electron chi connectivity index (χ3n) is 3.16. The second-order valence-electron chi connectivity index (χ2n) is 4.53. The lowest BCUT2D eigenvalue weighted by atomic mass is 10.0. The summed E-state index contributed by atoms with van der Waals surface area (Å²) >= 11 is 6.15. The van der Waals surface area contributed by atoms with Gasteiger partial charge >= 0.3 is 0 Å². The van der Waals surface area contributed by atoms with E-state index >= 15 is 0 Å². The number of hydrogen-bond acceptors (Lipinski definition) is 2. The van der Waals surface area contributed by atoms with Crippen LogP contribution in [0.15, 0.2) is 24.4 Å². The van der Waals surface area contributed by atoms with E-state index in [-0.39, 0.29) is 5.50 Å². The van der Waals surface area contributed by atoms with Crippen LogP contribution < -0.4 is 10.6 Å². The van der Waals surface area contributed by atoms with Crippen LogP contribution in [0.25, 0.3) is 6.08 Å². The molecule has 0 bridgehead atoms. The third-order valence-corrected chi connectivity index (χ3v) is 3.52. The van der Waals surface area contributed by atoms with E-state index in [0.717, 1.165) is 18.0 Å². The first-order chi connectivity index (χ1) is 7.83. The van der Waals surface area contributed by atoms with Crippen LogP contribution in [-0.4, -0.2) is 6.54 Å². The number of anilines is 1. The zero-order valence-electron chi connectivity index (χ0n) is 9.04. The molecule has 1 aromatic rings. The second-order valence-corrected chi connectivity index (χ2v) is 4.97. The molecule has 1 aliphatic carbocycles. The Balaban J connectivity index is 1.78. The minimum atomic E-state index is -0.0996. The number of hydrogen-bond donors (Lipinski definition) is 2. The van der Waals surface area contributed by atoms with Gasteiger partial charge in [0, 0.05) is 12.2 Å². The molecular formula is C13H15ClN2. The molecule has 1 heterocycles. The number of alkyl halides is 1. The highest BCUT2D eigenvalue weighted by Crippen LogP contribution is 2.31. The monoisotopic (exact) mass is 234 g/mol. The number of fused-ring (bicyclic) bond motifs is 1. The molecule has 2 aliphatic rings. The van der Waals surface area contributed by atoms with E-state index in [1.165, 1.54) is 24.1 Å². The summed E-state index contributed by atoms with van der Waals surface area (Å²) in [5.74, 6) is 0.897. The summed E-state index contributed by atoms with van der Waals surface area (Å²) in [6, 6.07) is 6.38. The van der Waals surface area contributed by atoms with E-state index in [9.17, 15) is 0 Å². The molecule has 3 heteroatoms. The molecule has 0 saturated heterocycles. The maximum atomic E-state index is 6.15. The van der Waals surface area contributed by atoms with Gasteiger partial charge in [-0.3, -0.25) is 0 Å². The van der Waals surface area contributed by atoms with Crippen LogP contribution in [0.2, 0.25) is 0 Å². The maximum Gasteiger partial charge on any atom is 0.127 e. The van der Waals surface area contributed by atoms with Gasteiger partial charge in [0.05, 0.1) is 0 Å². The highest BCUT2D eigenvalue weighted by Gasteiger charge is 2.20. The van der Waals surface area contributed by atoms with E-state index in [1.807, 2.05) is 6.20 Å². The van der Waals surface area contributed by atoms with Gasteiger partial charge in [-0.25, -0.2) is 0 Å². The topological polar surface area (TPSA) is 24.1 Å². The van der Waals surface area contributed by atoms with Gasteiger partial charge in [-0.1, -0.05) is 17.7 Å². The largest absolute Gasteiger partial charge is 0.385 e. The lowest BCUT2D eigenvalue weighted by Crippen LogP contribution is -2.14. The van der Waals surface area contributed by atoms with Crippen molar-refractivity contribution in [1.29, 1.82) is 0 Å². The van der Waals surface area contributed by atoms with Crippen LogP contribution >= 0.6 is 11.6 Å². The number of benzene rings is 1. The molecule has 1 saturated carbocycles. The van der Waals surface area contributed by atoms with Gasteiger partial charge < -0.3 is 10.6 Å². The van der Waals surface area contributed by atoms with Crippen molar-refractivity contribution in [2.24, 2.45) is 5.92 Å². The van der Waals surface area contributed by atoms with Gasteiger partial charge in [0.25, 0.3) is 0 Å². The lowest BCUT2D eigenvalue weighted by molar-refractivity contribution is 0.821. The minimum Gasteiger partial charge on any atom is -0.385 e. The van der Waals surface area contributed by atoms with Gasteiger partial charge in [-0.15, -0.1) is 0 Å². The van der Waals surface area contributed by atoms with Crippen molar-refractivity contribution in [3.05, 3.63) is 35.5 Å². The second kappa shape index (κ2) is 4.02. The molecule has 3 rings (SSSR count). The van der Waals surface area contributed by atoms with Crippen LogP contribution in [0.5, 0.6) is 0 Å². The lowest BCUT2D eigenvalue weighted by Gasteiger charge is -2.19. The molecule has 0 aromatic heterocycles. The van der Waals surface area contributed by atoms with E-state index in [2.05, 4.69) is 34.9 Å². The Morgan fingerprint density at radius 3 is 3.06 bits per heavy atom. The summed E-state index contributed by atoms with van der Waals surface area (Å²) in [6.45, 7) is 1.10. The summed E-state index contributed by atoms with van der Waals surface area (Å²) in [5, 5.41) is 6.56. The third kappa shape index (κ3) is 2.03. The number of halogens is 1. The number of rotatable bonds is 3. The van der Waals surface area contributed by atoms with Crippen LogP contribution in [0.3, 0.4) is 0 Å². The smallest absolute Gasteiger partial charge is 0.127 e. The van der Waals surface area contributed by atoms with E-state index < -0.39 is 0 Å². The fourth-order valence-electron chi connectivity index (χ4n) is 1.96. The standard InChI is InChI=1S/C13H15ClN2/c14-13-12-4-3-11(16-8-9-1-2-9)7-10(12)5-6-15-13/h3-7,9,13,15-16H,1-2,8H2. The fraction of sp³-hybridized carbons (Fsp3) is 0.385. The number of nitrogens with one attached hydrogen (secondary N) is 2. The summed E-state index contributed by atoms with van der Waals surface area (Å²) in [7, 11) is 0. The SMILES string of the molecule is ClC1NC=Cc2cc(NCC3CC3)ccc21. The Morgan fingerprint density at radius 1 is 1.38 bits per heavy atom. The minimum absolute atomic E-state index is 0.0996. The van der Waals surface area contributed by atoms with Gasteiger partial charge in [-0.05, 0) is 54.3 Å². The molecule has 16 heavy (non-hydrogen) atoms. The average molecular weight is 235 g/mol. The molecule has 1 atom stereocenters.